The molecule has 0 spiro atoms. The standard InChI is InChI=1S/C13H18N4O3/c1-16-11(2-3-12(16)17(19)20)13(18)15-9-6-10-4-7-14-8-5-10/h2-4,14H,5-9H2,1H3,(H,15,18). The first-order valence-corrected chi connectivity index (χ1v) is 6.56. The zero-order valence-electron chi connectivity index (χ0n) is 11.4. The predicted octanol–water partition coefficient (Wildman–Crippen LogP) is 0.973. The van der Waals surface area contributed by atoms with Gasteiger partial charge in [-0.05, 0) is 30.4 Å². The van der Waals surface area contributed by atoms with E-state index in [1.807, 2.05) is 0 Å². The molecule has 0 unspecified atom stereocenters. The summed E-state index contributed by atoms with van der Waals surface area (Å²) in [6, 6.07) is 2.81. The van der Waals surface area contributed by atoms with Crippen molar-refractivity contribution in [3.05, 3.63) is 39.6 Å². The smallest absolute Gasteiger partial charge is 0.323 e. The molecular formula is C13H18N4O3. The van der Waals surface area contributed by atoms with E-state index in [1.54, 1.807) is 0 Å². The summed E-state index contributed by atoms with van der Waals surface area (Å²) in [6.45, 7) is 2.40. The van der Waals surface area contributed by atoms with E-state index < -0.39 is 4.92 Å². The third-order valence-electron chi connectivity index (χ3n) is 3.40. The molecule has 0 aliphatic carbocycles. The molecule has 1 aromatic heterocycles. The number of carbonyl (C=O) groups is 1. The van der Waals surface area contributed by atoms with Crippen molar-refractivity contribution in [3.63, 3.8) is 0 Å². The van der Waals surface area contributed by atoms with Gasteiger partial charge in [-0.1, -0.05) is 11.6 Å². The molecule has 0 saturated heterocycles. The lowest BCUT2D eigenvalue weighted by Gasteiger charge is -2.13. The van der Waals surface area contributed by atoms with Gasteiger partial charge in [0.05, 0.1) is 7.05 Å². The van der Waals surface area contributed by atoms with Gasteiger partial charge in [-0.25, -0.2) is 4.57 Å². The van der Waals surface area contributed by atoms with Gasteiger partial charge in [0.25, 0.3) is 5.91 Å². The third kappa shape index (κ3) is 3.24. The number of nitrogens with one attached hydrogen (secondary N) is 2. The minimum Gasteiger partial charge on any atom is -0.358 e. The Bertz CT molecular complexity index is 548. The van der Waals surface area contributed by atoms with Crippen LogP contribution in [0.3, 0.4) is 0 Å². The Labute approximate surface area is 116 Å². The van der Waals surface area contributed by atoms with Gasteiger partial charge in [-0.3, -0.25) is 4.79 Å². The second-order valence-corrected chi connectivity index (χ2v) is 4.72. The molecule has 0 saturated carbocycles. The van der Waals surface area contributed by atoms with Gasteiger partial charge in [0, 0.05) is 19.2 Å². The number of nitro groups is 1. The van der Waals surface area contributed by atoms with Gasteiger partial charge in [0.1, 0.15) is 0 Å². The molecular weight excluding hydrogens is 260 g/mol. The zero-order valence-corrected chi connectivity index (χ0v) is 11.4. The highest BCUT2D eigenvalue weighted by atomic mass is 16.6. The number of nitrogens with zero attached hydrogens (tertiary/aromatic N) is 2. The molecule has 108 valence electrons. The molecule has 7 nitrogen and oxygen atoms in total. The van der Waals surface area contributed by atoms with E-state index in [2.05, 4.69) is 16.7 Å². The fourth-order valence-corrected chi connectivity index (χ4v) is 2.24. The number of rotatable bonds is 5. The van der Waals surface area contributed by atoms with Crippen LogP contribution in [0.2, 0.25) is 0 Å². The van der Waals surface area contributed by atoms with Crippen molar-refractivity contribution < 1.29 is 9.72 Å². The van der Waals surface area contributed by atoms with E-state index in [9.17, 15) is 14.9 Å². The number of amides is 1. The Morgan fingerprint density at radius 2 is 2.35 bits per heavy atom. The number of hydrogen-bond donors (Lipinski definition) is 2. The number of aromatic nitrogens is 1. The van der Waals surface area contributed by atoms with Crippen LogP contribution in [0, 0.1) is 10.1 Å². The first kappa shape index (κ1) is 14.3. The molecule has 2 rings (SSSR count). The summed E-state index contributed by atoms with van der Waals surface area (Å²) in [5, 5.41) is 16.7. The molecule has 1 amide bonds. The molecule has 0 fully saturated rings. The maximum absolute atomic E-state index is 12.0. The summed E-state index contributed by atoms with van der Waals surface area (Å²) in [5.41, 5.74) is 1.64. The van der Waals surface area contributed by atoms with Gasteiger partial charge < -0.3 is 20.7 Å². The van der Waals surface area contributed by atoms with Crippen molar-refractivity contribution in [3.8, 4) is 0 Å². The lowest BCUT2D eigenvalue weighted by atomic mass is 10.1. The van der Waals surface area contributed by atoms with E-state index in [4.69, 9.17) is 0 Å². The molecule has 1 aromatic rings. The topological polar surface area (TPSA) is 89.2 Å². The lowest BCUT2D eigenvalue weighted by molar-refractivity contribution is -0.391. The molecule has 7 heteroatoms. The van der Waals surface area contributed by atoms with Crippen LogP contribution in [0.5, 0.6) is 0 Å². The van der Waals surface area contributed by atoms with Crippen molar-refractivity contribution in [2.75, 3.05) is 19.6 Å². The molecule has 20 heavy (non-hydrogen) atoms. The average Bonchev–Trinajstić information content (AvgIpc) is 2.82. The van der Waals surface area contributed by atoms with Gasteiger partial charge in [0.2, 0.25) is 0 Å². The predicted molar refractivity (Wildman–Crippen MR) is 74.6 cm³/mol. The van der Waals surface area contributed by atoms with Crippen LogP contribution in [0.25, 0.3) is 0 Å². The highest BCUT2D eigenvalue weighted by Crippen LogP contribution is 2.15. The second-order valence-electron chi connectivity index (χ2n) is 4.72. The Morgan fingerprint density at radius 1 is 1.55 bits per heavy atom. The van der Waals surface area contributed by atoms with Crippen LogP contribution in [0.4, 0.5) is 5.82 Å². The van der Waals surface area contributed by atoms with Gasteiger partial charge in [-0.2, -0.15) is 0 Å². The SMILES string of the molecule is Cn1c(C(=O)NCCC2=CCNCC2)ccc1[N+](=O)[O-]. The van der Waals surface area contributed by atoms with E-state index in [0.717, 1.165) is 25.9 Å². The highest BCUT2D eigenvalue weighted by Gasteiger charge is 2.20. The summed E-state index contributed by atoms with van der Waals surface area (Å²) in [6.07, 6.45) is 3.97. The Kier molecular flexibility index (Phi) is 4.52. The van der Waals surface area contributed by atoms with Crippen LogP contribution >= 0.6 is 0 Å². The largest absolute Gasteiger partial charge is 0.358 e. The molecule has 1 aliphatic rings. The highest BCUT2D eigenvalue weighted by molar-refractivity contribution is 5.93. The monoisotopic (exact) mass is 278 g/mol. The molecule has 2 heterocycles. The molecule has 0 radical (unpaired) electrons. The van der Waals surface area contributed by atoms with E-state index in [-0.39, 0.29) is 11.7 Å². The summed E-state index contributed by atoms with van der Waals surface area (Å²) < 4.78 is 1.29. The third-order valence-corrected chi connectivity index (χ3v) is 3.40. The van der Waals surface area contributed by atoms with Gasteiger partial charge >= 0.3 is 5.82 Å². The first-order valence-electron chi connectivity index (χ1n) is 6.56. The van der Waals surface area contributed by atoms with Crippen LogP contribution in [0.15, 0.2) is 23.8 Å². The molecule has 1 aliphatic heterocycles. The van der Waals surface area contributed by atoms with E-state index in [0.29, 0.717) is 12.2 Å². The first-order chi connectivity index (χ1) is 9.59. The van der Waals surface area contributed by atoms with Crippen LogP contribution in [-0.2, 0) is 7.05 Å². The average molecular weight is 278 g/mol. The van der Waals surface area contributed by atoms with Crippen LogP contribution in [0.1, 0.15) is 23.3 Å². The minimum atomic E-state index is -0.503. The Hall–Kier alpha value is -2.15. The van der Waals surface area contributed by atoms with Crippen LogP contribution in [-0.4, -0.2) is 35.0 Å². The quantitative estimate of drug-likeness (QED) is 0.477. The maximum atomic E-state index is 12.0. The van der Waals surface area contributed by atoms with Crippen molar-refractivity contribution in [2.24, 2.45) is 7.05 Å². The minimum absolute atomic E-state index is 0.0868. The lowest BCUT2D eigenvalue weighted by Crippen LogP contribution is -2.28. The maximum Gasteiger partial charge on any atom is 0.323 e. The summed E-state index contributed by atoms with van der Waals surface area (Å²) in [4.78, 5) is 22.2. The second kappa shape index (κ2) is 6.33. The Balaban J connectivity index is 1.89. The summed E-state index contributed by atoms with van der Waals surface area (Å²) in [7, 11) is 1.52. The van der Waals surface area contributed by atoms with Crippen molar-refractivity contribution in [2.45, 2.75) is 12.8 Å². The molecule has 0 atom stereocenters. The number of hydrogen-bond acceptors (Lipinski definition) is 4. The fourth-order valence-electron chi connectivity index (χ4n) is 2.24. The number of carbonyl (C=O) groups excluding carboxylic acids is 1. The Morgan fingerprint density at radius 3 is 2.95 bits per heavy atom. The molecule has 0 aromatic carbocycles. The van der Waals surface area contributed by atoms with Gasteiger partial charge in [-0.15, -0.1) is 0 Å². The fraction of sp³-hybridized carbons (Fsp3) is 0.462. The van der Waals surface area contributed by atoms with Gasteiger partial charge in [0.15, 0.2) is 5.69 Å². The van der Waals surface area contributed by atoms with E-state index >= 15 is 0 Å². The molecule has 2 N–H and O–H groups in total. The molecule has 0 bridgehead atoms. The van der Waals surface area contributed by atoms with Crippen molar-refractivity contribution in [1.82, 2.24) is 15.2 Å². The summed E-state index contributed by atoms with van der Waals surface area (Å²) >= 11 is 0. The zero-order chi connectivity index (χ0) is 14.5. The van der Waals surface area contributed by atoms with E-state index in [1.165, 1.54) is 29.3 Å². The summed E-state index contributed by atoms with van der Waals surface area (Å²) in [5.74, 6) is -0.369. The van der Waals surface area contributed by atoms with Crippen molar-refractivity contribution >= 4 is 11.7 Å². The van der Waals surface area contributed by atoms with Crippen molar-refractivity contribution in [1.29, 1.82) is 0 Å². The normalized spacial score (nSPS) is 14.8. The van der Waals surface area contributed by atoms with Crippen LogP contribution < -0.4 is 10.6 Å².